The Balaban J connectivity index is 1.43. The molecule has 0 aromatic heterocycles. The first-order chi connectivity index (χ1) is 11.7. The lowest BCUT2D eigenvalue weighted by Crippen LogP contribution is -2.47. The number of benzene rings is 1. The summed E-state index contributed by atoms with van der Waals surface area (Å²) in [5.74, 6) is 0.451. The second-order valence-electron chi connectivity index (χ2n) is 7.96. The van der Waals surface area contributed by atoms with Gasteiger partial charge in [0.1, 0.15) is 0 Å². The molecule has 2 aliphatic carbocycles. The van der Waals surface area contributed by atoms with Crippen LogP contribution in [0.5, 0.6) is 0 Å². The second-order valence-corrected chi connectivity index (χ2v) is 7.96. The number of likely N-dealkylation sites (tertiary alicyclic amines) is 1. The fraction of sp³-hybridized carbons (Fsp3) is 0.600. The first-order valence-electron chi connectivity index (χ1n) is 9.15. The molecule has 1 atom stereocenters. The first-order valence-corrected chi connectivity index (χ1v) is 9.15. The summed E-state index contributed by atoms with van der Waals surface area (Å²) in [6, 6.07) is 13.1. The topological polar surface area (TPSA) is 56.1 Å². The molecule has 4 nitrogen and oxygen atoms in total. The number of carbonyl (C=O) groups excluding carboxylic acids is 1. The lowest BCUT2D eigenvalue weighted by Gasteiger charge is -2.43. The Labute approximate surface area is 143 Å². The highest BCUT2D eigenvalue weighted by Crippen LogP contribution is 2.55. The summed E-state index contributed by atoms with van der Waals surface area (Å²) in [6.45, 7) is 2.16. The Bertz CT molecular complexity index is 655. The van der Waals surface area contributed by atoms with Crippen LogP contribution in [-0.2, 0) is 0 Å². The van der Waals surface area contributed by atoms with Crippen molar-refractivity contribution in [3.8, 4) is 6.07 Å². The molecule has 1 N–H and O–H groups in total. The maximum atomic E-state index is 12.7. The van der Waals surface area contributed by atoms with Gasteiger partial charge in [0, 0.05) is 25.6 Å². The van der Waals surface area contributed by atoms with E-state index in [1.807, 2.05) is 4.90 Å². The van der Waals surface area contributed by atoms with Crippen molar-refractivity contribution >= 4 is 6.03 Å². The molecule has 1 aliphatic heterocycles. The van der Waals surface area contributed by atoms with Gasteiger partial charge in [-0.25, -0.2) is 4.79 Å². The highest BCUT2D eigenvalue weighted by Gasteiger charge is 2.52. The van der Waals surface area contributed by atoms with E-state index in [1.54, 1.807) is 0 Å². The van der Waals surface area contributed by atoms with E-state index in [4.69, 9.17) is 0 Å². The summed E-state index contributed by atoms with van der Waals surface area (Å²) in [7, 11) is 0. The maximum Gasteiger partial charge on any atom is 0.317 e. The number of nitrogens with one attached hydrogen (secondary N) is 1. The highest BCUT2D eigenvalue weighted by molar-refractivity contribution is 5.75. The zero-order chi connectivity index (χ0) is 16.6. The molecule has 1 aromatic carbocycles. The number of rotatable bonds is 3. The van der Waals surface area contributed by atoms with Gasteiger partial charge in [0.25, 0.3) is 0 Å². The molecule has 1 spiro atoms. The van der Waals surface area contributed by atoms with Crippen LogP contribution in [0.1, 0.15) is 50.0 Å². The van der Waals surface area contributed by atoms with Gasteiger partial charge in [0.15, 0.2) is 0 Å². The molecule has 2 saturated carbocycles. The third kappa shape index (κ3) is 2.47. The second kappa shape index (κ2) is 5.81. The van der Waals surface area contributed by atoms with Crippen LogP contribution in [-0.4, -0.2) is 30.6 Å². The molecule has 2 amide bonds. The molecule has 126 valence electrons. The molecule has 4 heteroatoms. The van der Waals surface area contributed by atoms with Gasteiger partial charge in [-0.2, -0.15) is 5.26 Å². The van der Waals surface area contributed by atoms with Gasteiger partial charge in [0.2, 0.25) is 0 Å². The summed E-state index contributed by atoms with van der Waals surface area (Å²) >= 11 is 0. The minimum Gasteiger partial charge on any atom is -0.336 e. The molecule has 4 rings (SSSR count). The molecule has 0 radical (unpaired) electrons. The summed E-state index contributed by atoms with van der Waals surface area (Å²) in [5.41, 5.74) is 1.34. The standard InChI is InChI=1S/C20H25N3O/c21-13-19(8-4-9-19)14-22-18(24)23-12-17(16-6-2-1-3-7-16)20(15-23)10-5-11-20/h1-3,6-7,17H,4-5,8-12,14-15H2,(H,22,24). The Morgan fingerprint density at radius 3 is 2.46 bits per heavy atom. The van der Waals surface area contributed by atoms with E-state index in [-0.39, 0.29) is 16.9 Å². The molecule has 3 aliphatic rings. The predicted molar refractivity (Wildman–Crippen MR) is 92.3 cm³/mol. The Morgan fingerprint density at radius 2 is 1.92 bits per heavy atom. The van der Waals surface area contributed by atoms with Crippen molar-refractivity contribution in [1.29, 1.82) is 5.26 Å². The molecule has 1 aromatic rings. The molecule has 3 fully saturated rings. The van der Waals surface area contributed by atoms with Gasteiger partial charge in [-0.3, -0.25) is 0 Å². The molecule has 24 heavy (non-hydrogen) atoms. The first kappa shape index (κ1) is 15.5. The van der Waals surface area contributed by atoms with E-state index in [1.165, 1.54) is 24.8 Å². The van der Waals surface area contributed by atoms with E-state index in [0.29, 0.717) is 12.5 Å². The van der Waals surface area contributed by atoms with Crippen molar-refractivity contribution in [2.24, 2.45) is 10.8 Å². The van der Waals surface area contributed by atoms with Crippen molar-refractivity contribution in [3.05, 3.63) is 35.9 Å². The summed E-state index contributed by atoms with van der Waals surface area (Å²) < 4.78 is 0. The molecule has 1 heterocycles. The number of carbonyl (C=O) groups is 1. The predicted octanol–water partition coefficient (Wildman–Crippen LogP) is 3.66. The highest BCUT2D eigenvalue weighted by atomic mass is 16.2. The van der Waals surface area contributed by atoms with Crippen LogP contribution in [0.2, 0.25) is 0 Å². The fourth-order valence-electron chi connectivity index (χ4n) is 4.69. The van der Waals surface area contributed by atoms with Crippen molar-refractivity contribution < 1.29 is 4.79 Å². The smallest absolute Gasteiger partial charge is 0.317 e. The van der Waals surface area contributed by atoms with Crippen LogP contribution < -0.4 is 5.32 Å². The third-order valence-electron chi connectivity index (χ3n) is 6.61. The zero-order valence-electron chi connectivity index (χ0n) is 14.1. The minimum absolute atomic E-state index is 0.0150. The molecule has 1 unspecified atom stereocenters. The van der Waals surface area contributed by atoms with Gasteiger partial charge >= 0.3 is 6.03 Å². The number of nitrogens with zero attached hydrogens (tertiary/aromatic N) is 2. The lowest BCUT2D eigenvalue weighted by atomic mass is 9.61. The van der Waals surface area contributed by atoms with Crippen LogP contribution in [0.4, 0.5) is 4.79 Å². The van der Waals surface area contributed by atoms with Crippen LogP contribution in [0.25, 0.3) is 0 Å². The largest absolute Gasteiger partial charge is 0.336 e. The number of hydrogen-bond donors (Lipinski definition) is 1. The van der Waals surface area contributed by atoms with Crippen molar-refractivity contribution in [2.45, 2.75) is 44.4 Å². The average Bonchev–Trinajstić information content (AvgIpc) is 2.96. The summed E-state index contributed by atoms with van der Waals surface area (Å²) in [6.07, 6.45) is 6.65. The molecular formula is C20H25N3O. The Hall–Kier alpha value is -2.02. The third-order valence-corrected chi connectivity index (χ3v) is 6.61. The van der Waals surface area contributed by atoms with Gasteiger partial charge in [-0.15, -0.1) is 0 Å². The quantitative estimate of drug-likeness (QED) is 0.923. The maximum absolute atomic E-state index is 12.7. The van der Waals surface area contributed by atoms with E-state index >= 15 is 0 Å². The van der Waals surface area contributed by atoms with E-state index in [2.05, 4.69) is 41.7 Å². The van der Waals surface area contributed by atoms with Crippen LogP contribution in [0.3, 0.4) is 0 Å². The zero-order valence-corrected chi connectivity index (χ0v) is 14.1. The van der Waals surface area contributed by atoms with Crippen LogP contribution >= 0.6 is 0 Å². The van der Waals surface area contributed by atoms with E-state index in [0.717, 1.165) is 32.4 Å². The van der Waals surface area contributed by atoms with Crippen LogP contribution in [0.15, 0.2) is 30.3 Å². The average molecular weight is 323 g/mol. The molecule has 0 bridgehead atoms. The van der Waals surface area contributed by atoms with Gasteiger partial charge < -0.3 is 10.2 Å². The number of nitriles is 1. The summed E-state index contributed by atoms with van der Waals surface area (Å²) in [5, 5.41) is 12.4. The van der Waals surface area contributed by atoms with E-state index in [9.17, 15) is 10.1 Å². The van der Waals surface area contributed by atoms with Gasteiger partial charge in [-0.05, 0) is 36.7 Å². The van der Waals surface area contributed by atoms with E-state index < -0.39 is 0 Å². The van der Waals surface area contributed by atoms with Crippen molar-refractivity contribution in [3.63, 3.8) is 0 Å². The van der Waals surface area contributed by atoms with Crippen molar-refractivity contribution in [2.75, 3.05) is 19.6 Å². The Kier molecular flexibility index (Phi) is 3.75. The number of hydrogen-bond acceptors (Lipinski definition) is 2. The monoisotopic (exact) mass is 323 g/mol. The Morgan fingerprint density at radius 1 is 1.21 bits per heavy atom. The lowest BCUT2D eigenvalue weighted by molar-refractivity contribution is 0.122. The van der Waals surface area contributed by atoms with Crippen LogP contribution in [0, 0.1) is 22.2 Å². The normalized spacial score (nSPS) is 26.3. The fourth-order valence-corrected chi connectivity index (χ4v) is 4.69. The van der Waals surface area contributed by atoms with Gasteiger partial charge in [-0.1, -0.05) is 43.2 Å². The number of amides is 2. The SMILES string of the molecule is N#CC1(CNC(=O)N2CC(c3ccccc3)C3(CCC3)C2)CCC1. The number of urea groups is 1. The molecular weight excluding hydrogens is 298 g/mol. The molecule has 1 saturated heterocycles. The van der Waals surface area contributed by atoms with Crippen molar-refractivity contribution in [1.82, 2.24) is 10.2 Å². The minimum atomic E-state index is -0.303. The summed E-state index contributed by atoms with van der Waals surface area (Å²) in [4.78, 5) is 14.6. The van der Waals surface area contributed by atoms with Gasteiger partial charge in [0.05, 0.1) is 11.5 Å².